The van der Waals surface area contributed by atoms with Crippen molar-refractivity contribution in [1.82, 2.24) is 0 Å². The summed E-state index contributed by atoms with van der Waals surface area (Å²) in [4.78, 5) is 30.6. The van der Waals surface area contributed by atoms with Crippen molar-refractivity contribution in [2.75, 3.05) is 4.90 Å². The van der Waals surface area contributed by atoms with Gasteiger partial charge in [-0.25, -0.2) is 0 Å². The van der Waals surface area contributed by atoms with E-state index >= 15 is 0 Å². The molecule has 126 valence electrons. The largest absolute Gasteiger partial charge is 0.530 e. The van der Waals surface area contributed by atoms with Crippen molar-refractivity contribution in [3.63, 3.8) is 0 Å². The van der Waals surface area contributed by atoms with E-state index in [2.05, 4.69) is 0 Å². The number of alkyl halides is 3. The van der Waals surface area contributed by atoms with Crippen molar-refractivity contribution in [2.45, 2.75) is 26.1 Å². The summed E-state index contributed by atoms with van der Waals surface area (Å²) in [5.74, 6) is 0. The summed E-state index contributed by atoms with van der Waals surface area (Å²) < 4.78 is 38.2. The van der Waals surface area contributed by atoms with Gasteiger partial charge in [0.05, 0.1) is 15.4 Å². The number of hydrogen-bond acceptors (Lipinski definition) is 6. The SMILES string of the molecule is CC(C)N(C(=O)[O-])c1c([N+](=O)[O-])cc(C(F)(F)F)cc1[N+](=O)[O-]. The minimum absolute atomic E-state index is 0.0423. The summed E-state index contributed by atoms with van der Waals surface area (Å²) in [6.45, 7) is 2.45. The van der Waals surface area contributed by atoms with Crippen molar-refractivity contribution in [2.24, 2.45) is 0 Å². The molecule has 1 rings (SSSR count). The summed E-state index contributed by atoms with van der Waals surface area (Å²) in [5.41, 5.74) is -5.43. The molecular weight excluding hydrogens is 327 g/mol. The fourth-order valence-corrected chi connectivity index (χ4v) is 1.85. The molecule has 0 fully saturated rings. The maximum atomic E-state index is 12.7. The van der Waals surface area contributed by atoms with Gasteiger partial charge < -0.3 is 14.8 Å². The number of benzene rings is 1. The fraction of sp³-hybridized carbons (Fsp3) is 0.364. The number of carbonyl (C=O) groups is 1. The lowest BCUT2D eigenvalue weighted by Gasteiger charge is -2.28. The van der Waals surface area contributed by atoms with Crippen LogP contribution >= 0.6 is 0 Å². The van der Waals surface area contributed by atoms with Crippen LogP contribution in [0.2, 0.25) is 0 Å². The van der Waals surface area contributed by atoms with Crippen LogP contribution in [0, 0.1) is 20.2 Å². The van der Waals surface area contributed by atoms with E-state index in [0.29, 0.717) is 0 Å². The Labute approximate surface area is 126 Å². The van der Waals surface area contributed by atoms with Gasteiger partial charge in [-0.3, -0.25) is 20.2 Å². The van der Waals surface area contributed by atoms with Gasteiger partial charge in [0.25, 0.3) is 0 Å². The molecule has 0 atom stereocenters. The first-order valence-corrected chi connectivity index (χ1v) is 5.92. The molecule has 0 saturated carbocycles. The zero-order chi connectivity index (χ0) is 18.1. The number of nitro groups is 2. The van der Waals surface area contributed by atoms with Crippen molar-refractivity contribution in [1.29, 1.82) is 0 Å². The van der Waals surface area contributed by atoms with Crippen LogP contribution in [0.3, 0.4) is 0 Å². The Kier molecular flexibility index (Phi) is 4.78. The van der Waals surface area contributed by atoms with Crippen molar-refractivity contribution in [3.8, 4) is 0 Å². The molecule has 0 aliphatic rings. The van der Waals surface area contributed by atoms with Gasteiger partial charge in [-0.05, 0) is 13.8 Å². The number of hydrogen-bond donors (Lipinski definition) is 0. The molecule has 0 N–H and O–H groups in total. The highest BCUT2D eigenvalue weighted by Crippen LogP contribution is 2.43. The Morgan fingerprint density at radius 3 is 1.74 bits per heavy atom. The number of carbonyl (C=O) groups excluding carboxylic acids is 1. The topological polar surface area (TPSA) is 130 Å². The first-order valence-electron chi connectivity index (χ1n) is 5.92. The number of anilines is 1. The van der Waals surface area contributed by atoms with Gasteiger partial charge in [0.15, 0.2) is 5.69 Å². The van der Waals surface area contributed by atoms with Crippen LogP contribution in [0.4, 0.5) is 35.0 Å². The summed E-state index contributed by atoms with van der Waals surface area (Å²) in [6.07, 6.45) is -7.11. The summed E-state index contributed by atoms with van der Waals surface area (Å²) in [5, 5.41) is 33.1. The molecule has 0 aliphatic heterocycles. The first kappa shape index (κ1) is 18.1. The van der Waals surface area contributed by atoms with E-state index in [9.17, 15) is 43.3 Å². The lowest BCUT2D eigenvalue weighted by Crippen LogP contribution is -2.46. The second-order valence-electron chi connectivity index (χ2n) is 4.60. The molecule has 0 radical (unpaired) electrons. The zero-order valence-electron chi connectivity index (χ0n) is 11.7. The summed E-state index contributed by atoms with van der Waals surface area (Å²) >= 11 is 0. The fourth-order valence-electron chi connectivity index (χ4n) is 1.85. The maximum Gasteiger partial charge on any atom is 0.416 e. The second kappa shape index (κ2) is 6.06. The van der Waals surface area contributed by atoms with E-state index in [1.165, 1.54) is 13.8 Å². The van der Waals surface area contributed by atoms with E-state index in [-0.39, 0.29) is 17.0 Å². The molecule has 0 saturated heterocycles. The Balaban J connectivity index is 3.89. The van der Waals surface area contributed by atoms with Gasteiger partial charge in [-0.1, -0.05) is 0 Å². The minimum Gasteiger partial charge on any atom is -0.530 e. The van der Waals surface area contributed by atoms with E-state index in [4.69, 9.17) is 0 Å². The molecule has 1 aromatic rings. The minimum atomic E-state index is -5.09. The molecule has 12 heteroatoms. The molecule has 0 bridgehead atoms. The molecule has 23 heavy (non-hydrogen) atoms. The smallest absolute Gasteiger partial charge is 0.416 e. The van der Waals surface area contributed by atoms with Gasteiger partial charge in [0.1, 0.15) is 6.09 Å². The summed E-state index contributed by atoms with van der Waals surface area (Å²) in [6, 6.07) is -0.962. The lowest BCUT2D eigenvalue weighted by molar-refractivity contribution is -0.393. The third-order valence-electron chi connectivity index (χ3n) is 2.74. The van der Waals surface area contributed by atoms with Crippen LogP contribution in [0.15, 0.2) is 12.1 Å². The molecule has 0 spiro atoms. The van der Waals surface area contributed by atoms with Crippen LogP contribution in [-0.4, -0.2) is 22.0 Å². The molecule has 0 unspecified atom stereocenters. The molecule has 9 nitrogen and oxygen atoms in total. The highest BCUT2D eigenvalue weighted by atomic mass is 19.4. The first-order chi connectivity index (χ1) is 10.4. The number of nitro benzene ring substituents is 2. The van der Waals surface area contributed by atoms with E-state index < -0.39 is 50.8 Å². The highest BCUT2D eigenvalue weighted by molar-refractivity contribution is 5.93. The van der Waals surface area contributed by atoms with Gasteiger partial charge in [0, 0.05) is 18.2 Å². The molecular formula is C11H9F3N3O6-. The van der Waals surface area contributed by atoms with Crippen LogP contribution in [0.25, 0.3) is 0 Å². The molecule has 0 aromatic heterocycles. The highest BCUT2D eigenvalue weighted by Gasteiger charge is 2.39. The average Bonchev–Trinajstić information content (AvgIpc) is 2.35. The van der Waals surface area contributed by atoms with Gasteiger partial charge in [-0.15, -0.1) is 0 Å². The lowest BCUT2D eigenvalue weighted by atomic mass is 10.1. The van der Waals surface area contributed by atoms with Crippen LogP contribution in [0.5, 0.6) is 0 Å². The van der Waals surface area contributed by atoms with Crippen LogP contribution in [0.1, 0.15) is 19.4 Å². The van der Waals surface area contributed by atoms with E-state index in [1.807, 2.05) is 0 Å². The van der Waals surface area contributed by atoms with Crippen molar-refractivity contribution >= 4 is 23.2 Å². The Morgan fingerprint density at radius 1 is 1.13 bits per heavy atom. The average molecular weight is 336 g/mol. The number of halogens is 3. The summed E-state index contributed by atoms with van der Waals surface area (Å²) in [7, 11) is 0. The zero-order valence-corrected chi connectivity index (χ0v) is 11.7. The quantitative estimate of drug-likeness (QED) is 0.611. The predicted molar refractivity (Wildman–Crippen MR) is 67.8 cm³/mol. The number of amides is 1. The molecule has 1 amide bonds. The normalized spacial score (nSPS) is 11.4. The maximum absolute atomic E-state index is 12.7. The monoisotopic (exact) mass is 336 g/mol. The Hall–Kier alpha value is -2.92. The molecule has 0 heterocycles. The van der Waals surface area contributed by atoms with Crippen molar-refractivity contribution in [3.05, 3.63) is 37.9 Å². The Bertz CT molecular complexity index is 638. The van der Waals surface area contributed by atoms with Crippen LogP contribution in [-0.2, 0) is 6.18 Å². The predicted octanol–water partition coefficient (Wildman–Crippen LogP) is 2.08. The second-order valence-corrected chi connectivity index (χ2v) is 4.60. The van der Waals surface area contributed by atoms with Crippen molar-refractivity contribution < 1.29 is 32.9 Å². The van der Waals surface area contributed by atoms with Gasteiger partial charge in [-0.2, -0.15) is 13.2 Å². The van der Waals surface area contributed by atoms with E-state index in [0.717, 1.165) is 0 Å². The van der Waals surface area contributed by atoms with E-state index in [1.54, 1.807) is 0 Å². The van der Waals surface area contributed by atoms with Gasteiger partial charge in [0.2, 0.25) is 0 Å². The number of carboxylic acid groups (broad SMARTS) is 1. The number of nitrogens with zero attached hydrogens (tertiary/aromatic N) is 3. The van der Waals surface area contributed by atoms with Crippen LogP contribution < -0.4 is 10.0 Å². The number of rotatable bonds is 4. The standard InChI is InChI=1S/C11H10F3N3O6/c1-5(2)15(10(18)19)9-7(16(20)21)3-6(11(12,13)14)4-8(9)17(22)23/h3-5H,1-2H3,(H,18,19)/p-1. The third kappa shape index (κ3) is 3.64. The third-order valence-corrected chi connectivity index (χ3v) is 2.74. The Morgan fingerprint density at radius 2 is 1.52 bits per heavy atom. The van der Waals surface area contributed by atoms with Gasteiger partial charge >= 0.3 is 17.6 Å². The molecule has 1 aromatic carbocycles. The molecule has 0 aliphatic carbocycles.